The van der Waals surface area contributed by atoms with E-state index in [9.17, 15) is 31.1 Å². The van der Waals surface area contributed by atoms with Gasteiger partial charge in [0.1, 0.15) is 11.3 Å². The number of fused-ring (bicyclic) bond motifs is 1. The lowest BCUT2D eigenvalue weighted by atomic mass is 10.1. The van der Waals surface area contributed by atoms with Crippen molar-refractivity contribution in [2.24, 2.45) is 0 Å². The van der Waals surface area contributed by atoms with Gasteiger partial charge in [-0.2, -0.15) is 26.3 Å². The van der Waals surface area contributed by atoms with Crippen molar-refractivity contribution < 1.29 is 31.1 Å². The second-order valence-corrected chi connectivity index (χ2v) is 5.69. The first kappa shape index (κ1) is 18.7. The molecule has 2 aromatic heterocycles. The molecule has 0 saturated heterocycles. The number of carbonyl (C=O) groups excluding carboxylic acids is 1. The molecule has 3 rings (SSSR count). The number of aromatic nitrogens is 2. The number of para-hydroxylation sites is 1. The molecule has 0 spiro atoms. The van der Waals surface area contributed by atoms with Crippen molar-refractivity contribution in [3.8, 4) is 0 Å². The number of alkyl halides is 6. The summed E-state index contributed by atoms with van der Waals surface area (Å²) in [7, 11) is 0. The molecular formula is C17H11F6N3O. The molecule has 1 amide bonds. The number of halogens is 6. The summed E-state index contributed by atoms with van der Waals surface area (Å²) in [5.74, 6) is -1.00. The van der Waals surface area contributed by atoms with Gasteiger partial charge in [0.25, 0.3) is 5.91 Å². The maximum atomic E-state index is 13.1. The number of imidazole rings is 1. The van der Waals surface area contributed by atoms with Gasteiger partial charge in [0.15, 0.2) is 0 Å². The van der Waals surface area contributed by atoms with Crippen LogP contribution in [-0.2, 0) is 12.4 Å². The van der Waals surface area contributed by atoms with E-state index in [2.05, 4.69) is 10.3 Å². The summed E-state index contributed by atoms with van der Waals surface area (Å²) >= 11 is 0. The quantitative estimate of drug-likeness (QED) is 0.634. The van der Waals surface area contributed by atoms with Crippen LogP contribution in [0.2, 0.25) is 0 Å². The zero-order chi connectivity index (χ0) is 20.0. The van der Waals surface area contributed by atoms with Crippen LogP contribution in [0.1, 0.15) is 27.3 Å². The van der Waals surface area contributed by atoms with Crippen LogP contribution >= 0.6 is 0 Å². The topological polar surface area (TPSA) is 46.4 Å². The van der Waals surface area contributed by atoms with Crippen molar-refractivity contribution in [2.45, 2.75) is 19.3 Å². The molecule has 4 nitrogen and oxygen atoms in total. The van der Waals surface area contributed by atoms with E-state index in [-0.39, 0.29) is 17.0 Å². The summed E-state index contributed by atoms with van der Waals surface area (Å²) in [6, 6.07) is 6.19. The van der Waals surface area contributed by atoms with Crippen molar-refractivity contribution in [1.82, 2.24) is 9.38 Å². The number of carbonyl (C=O) groups is 1. The molecule has 0 saturated carbocycles. The highest BCUT2D eigenvalue weighted by Gasteiger charge is 2.34. The minimum Gasteiger partial charge on any atom is -0.320 e. The fourth-order valence-corrected chi connectivity index (χ4v) is 2.62. The first-order chi connectivity index (χ1) is 12.5. The lowest BCUT2D eigenvalue weighted by molar-refractivity contribution is -0.138. The Morgan fingerprint density at radius 3 is 2.30 bits per heavy atom. The standard InChI is InChI=1S/C17H11F6N3O/c1-9-14(26-8-10(16(18,19)20)6-7-13(26)24-9)15(27)25-12-5-3-2-4-11(12)17(21,22)23/h2-8H,1H3,(H,25,27). The van der Waals surface area contributed by atoms with Gasteiger partial charge in [0.05, 0.1) is 22.5 Å². The fourth-order valence-electron chi connectivity index (χ4n) is 2.62. The van der Waals surface area contributed by atoms with E-state index >= 15 is 0 Å². The average Bonchev–Trinajstić information content (AvgIpc) is 2.88. The highest BCUT2D eigenvalue weighted by atomic mass is 19.4. The normalized spacial score (nSPS) is 12.4. The zero-order valence-electron chi connectivity index (χ0n) is 13.6. The van der Waals surface area contributed by atoms with E-state index in [1.54, 1.807) is 0 Å². The Labute approximate surface area is 148 Å². The van der Waals surface area contributed by atoms with Gasteiger partial charge in [0.2, 0.25) is 0 Å². The van der Waals surface area contributed by atoms with E-state index < -0.39 is 35.1 Å². The van der Waals surface area contributed by atoms with Gasteiger partial charge in [0, 0.05) is 6.20 Å². The number of benzene rings is 1. The van der Waals surface area contributed by atoms with Crippen molar-refractivity contribution in [3.05, 3.63) is 65.1 Å². The number of rotatable bonds is 2. The number of anilines is 1. The molecule has 0 aliphatic rings. The minimum atomic E-state index is -4.71. The summed E-state index contributed by atoms with van der Waals surface area (Å²) < 4.78 is 78.9. The molecule has 0 bridgehead atoms. The third kappa shape index (κ3) is 3.60. The van der Waals surface area contributed by atoms with E-state index in [0.29, 0.717) is 6.20 Å². The second-order valence-electron chi connectivity index (χ2n) is 5.69. The van der Waals surface area contributed by atoms with Gasteiger partial charge < -0.3 is 5.32 Å². The Kier molecular flexibility index (Phi) is 4.37. The number of hydrogen-bond donors (Lipinski definition) is 1. The third-order valence-corrected chi connectivity index (χ3v) is 3.82. The number of amides is 1. The van der Waals surface area contributed by atoms with E-state index in [1.165, 1.54) is 13.0 Å². The number of pyridine rings is 1. The van der Waals surface area contributed by atoms with Crippen molar-refractivity contribution >= 4 is 17.2 Å². The Morgan fingerprint density at radius 1 is 1.00 bits per heavy atom. The van der Waals surface area contributed by atoms with Crippen molar-refractivity contribution in [2.75, 3.05) is 5.32 Å². The fraction of sp³-hybridized carbons (Fsp3) is 0.176. The van der Waals surface area contributed by atoms with Crippen LogP contribution in [-0.4, -0.2) is 15.3 Å². The maximum absolute atomic E-state index is 13.1. The predicted octanol–water partition coefficient (Wildman–Crippen LogP) is 4.93. The van der Waals surface area contributed by atoms with Crippen molar-refractivity contribution in [3.63, 3.8) is 0 Å². The molecule has 27 heavy (non-hydrogen) atoms. The van der Waals surface area contributed by atoms with Gasteiger partial charge in [-0.15, -0.1) is 0 Å². The summed E-state index contributed by atoms with van der Waals surface area (Å²) in [5, 5.41) is 2.11. The molecule has 1 N–H and O–H groups in total. The molecule has 0 aliphatic heterocycles. The number of nitrogens with zero attached hydrogens (tertiary/aromatic N) is 2. The molecule has 0 unspecified atom stereocenters. The first-order valence-corrected chi connectivity index (χ1v) is 7.52. The monoisotopic (exact) mass is 387 g/mol. The summed E-state index contributed by atoms with van der Waals surface area (Å²) in [6.45, 7) is 1.38. The SMILES string of the molecule is Cc1nc2ccc(C(F)(F)F)cn2c1C(=O)Nc1ccccc1C(F)(F)F. The minimum absolute atomic E-state index is 0.0646. The van der Waals surface area contributed by atoms with Gasteiger partial charge >= 0.3 is 12.4 Å². The summed E-state index contributed by atoms with van der Waals surface area (Å²) in [4.78, 5) is 16.5. The molecule has 3 aromatic rings. The number of nitrogens with one attached hydrogen (secondary N) is 1. The largest absolute Gasteiger partial charge is 0.418 e. The number of aryl methyl sites for hydroxylation is 1. The van der Waals surface area contributed by atoms with Crippen LogP contribution in [0.5, 0.6) is 0 Å². The molecule has 0 radical (unpaired) electrons. The average molecular weight is 387 g/mol. The van der Waals surface area contributed by atoms with Crippen LogP contribution in [0.4, 0.5) is 32.0 Å². The van der Waals surface area contributed by atoms with E-state index in [4.69, 9.17) is 0 Å². The van der Waals surface area contributed by atoms with Crippen LogP contribution < -0.4 is 5.32 Å². The summed E-state index contributed by atoms with van der Waals surface area (Å²) in [5.41, 5.74) is -2.73. The van der Waals surface area contributed by atoms with Gasteiger partial charge in [-0.05, 0) is 31.2 Å². The second kappa shape index (κ2) is 6.29. The maximum Gasteiger partial charge on any atom is 0.418 e. The molecular weight excluding hydrogens is 376 g/mol. The lowest BCUT2D eigenvalue weighted by Gasteiger charge is -2.14. The Balaban J connectivity index is 2.06. The van der Waals surface area contributed by atoms with Gasteiger partial charge in [-0.25, -0.2) is 4.98 Å². The predicted molar refractivity (Wildman–Crippen MR) is 84.3 cm³/mol. The lowest BCUT2D eigenvalue weighted by Crippen LogP contribution is -2.19. The zero-order valence-corrected chi connectivity index (χ0v) is 13.6. The highest BCUT2D eigenvalue weighted by Crippen LogP contribution is 2.35. The molecule has 2 heterocycles. The molecule has 0 fully saturated rings. The Bertz CT molecular complexity index is 1020. The summed E-state index contributed by atoms with van der Waals surface area (Å²) in [6.07, 6.45) is -8.68. The molecule has 10 heteroatoms. The van der Waals surface area contributed by atoms with E-state index in [1.807, 2.05) is 0 Å². The Morgan fingerprint density at radius 2 is 1.67 bits per heavy atom. The smallest absolute Gasteiger partial charge is 0.320 e. The molecule has 0 aliphatic carbocycles. The van der Waals surface area contributed by atoms with E-state index in [0.717, 1.165) is 34.7 Å². The van der Waals surface area contributed by atoms with Crippen molar-refractivity contribution in [1.29, 1.82) is 0 Å². The number of hydrogen-bond acceptors (Lipinski definition) is 2. The molecule has 0 atom stereocenters. The van der Waals surface area contributed by atoms with Gasteiger partial charge in [-0.1, -0.05) is 12.1 Å². The van der Waals surface area contributed by atoms with Crippen LogP contribution in [0.25, 0.3) is 5.65 Å². The highest BCUT2D eigenvalue weighted by molar-refractivity contribution is 6.04. The molecule has 1 aromatic carbocycles. The first-order valence-electron chi connectivity index (χ1n) is 7.52. The van der Waals surface area contributed by atoms with Gasteiger partial charge in [-0.3, -0.25) is 9.20 Å². The Hall–Kier alpha value is -3.04. The van der Waals surface area contributed by atoms with Crippen LogP contribution in [0.3, 0.4) is 0 Å². The van der Waals surface area contributed by atoms with Crippen LogP contribution in [0.15, 0.2) is 42.6 Å². The van der Waals surface area contributed by atoms with Crippen LogP contribution in [0, 0.1) is 6.92 Å². The third-order valence-electron chi connectivity index (χ3n) is 3.82. The molecule has 142 valence electrons.